The molecule has 0 saturated carbocycles. The van der Waals surface area contributed by atoms with E-state index in [0.717, 1.165) is 5.56 Å². The Kier molecular flexibility index (Phi) is 5.38. The number of benzene rings is 2. The number of carbonyl (C=O) groups is 1. The van der Waals surface area contributed by atoms with Gasteiger partial charge in [-0.25, -0.2) is 12.8 Å². The predicted octanol–water partition coefficient (Wildman–Crippen LogP) is 3.17. The number of aryl methyl sites for hydroxylation is 1. The van der Waals surface area contributed by atoms with Crippen molar-refractivity contribution < 1.29 is 17.6 Å². The number of carbonyl (C=O) groups excluding carboxylic acids is 1. The molecule has 3 rings (SSSR count). The van der Waals surface area contributed by atoms with E-state index in [2.05, 4.69) is 5.32 Å². The molecule has 1 fully saturated rings. The molecular weight excluding hydrogens is 355 g/mol. The molecular formula is C19H21FN2O3S. The van der Waals surface area contributed by atoms with Gasteiger partial charge in [-0.2, -0.15) is 4.31 Å². The number of nitrogens with one attached hydrogen (secondary N) is 1. The Morgan fingerprint density at radius 1 is 1.12 bits per heavy atom. The summed E-state index contributed by atoms with van der Waals surface area (Å²) in [5.41, 5.74) is 1.40. The molecule has 7 heteroatoms. The number of anilines is 1. The maximum absolute atomic E-state index is 13.2. The SMILES string of the molecule is Cc1ccc(S(=O)(=O)N2CCC(C(=O)Nc3cccc(F)c3)CC2)cc1. The van der Waals surface area contributed by atoms with Crippen LogP contribution in [0.5, 0.6) is 0 Å². The molecule has 1 aliphatic rings. The zero-order chi connectivity index (χ0) is 18.7. The van der Waals surface area contributed by atoms with Crippen molar-refractivity contribution in [3.8, 4) is 0 Å². The third kappa shape index (κ3) is 4.11. The minimum atomic E-state index is -3.54. The third-order valence-corrected chi connectivity index (χ3v) is 6.49. The van der Waals surface area contributed by atoms with Gasteiger partial charge in [0.15, 0.2) is 0 Å². The zero-order valence-electron chi connectivity index (χ0n) is 14.5. The van der Waals surface area contributed by atoms with E-state index < -0.39 is 15.8 Å². The molecule has 138 valence electrons. The molecule has 0 radical (unpaired) electrons. The Bertz CT molecular complexity index is 889. The fourth-order valence-electron chi connectivity index (χ4n) is 3.03. The van der Waals surface area contributed by atoms with Crippen LogP contribution in [0.2, 0.25) is 0 Å². The lowest BCUT2D eigenvalue weighted by molar-refractivity contribution is -0.120. The molecule has 1 amide bonds. The van der Waals surface area contributed by atoms with E-state index in [4.69, 9.17) is 0 Å². The van der Waals surface area contributed by atoms with E-state index in [1.54, 1.807) is 30.3 Å². The summed E-state index contributed by atoms with van der Waals surface area (Å²) in [5.74, 6) is -0.910. The highest BCUT2D eigenvalue weighted by Crippen LogP contribution is 2.25. The van der Waals surface area contributed by atoms with Gasteiger partial charge in [-0.05, 0) is 50.1 Å². The normalized spacial score (nSPS) is 16.4. The van der Waals surface area contributed by atoms with Gasteiger partial charge < -0.3 is 5.32 Å². The van der Waals surface area contributed by atoms with Crippen LogP contribution in [0.15, 0.2) is 53.4 Å². The van der Waals surface area contributed by atoms with E-state index in [-0.39, 0.29) is 29.8 Å². The van der Waals surface area contributed by atoms with E-state index >= 15 is 0 Å². The fraction of sp³-hybridized carbons (Fsp3) is 0.316. The molecule has 0 atom stereocenters. The third-order valence-electron chi connectivity index (χ3n) is 4.58. The van der Waals surface area contributed by atoms with Crippen molar-refractivity contribution in [3.63, 3.8) is 0 Å². The van der Waals surface area contributed by atoms with Gasteiger partial charge >= 0.3 is 0 Å². The minimum Gasteiger partial charge on any atom is -0.326 e. The van der Waals surface area contributed by atoms with Gasteiger partial charge in [-0.15, -0.1) is 0 Å². The average molecular weight is 376 g/mol. The van der Waals surface area contributed by atoms with Crippen molar-refractivity contribution in [3.05, 3.63) is 59.9 Å². The van der Waals surface area contributed by atoms with E-state index in [1.165, 1.54) is 22.5 Å². The Morgan fingerprint density at radius 3 is 2.38 bits per heavy atom. The number of amides is 1. The highest BCUT2D eigenvalue weighted by molar-refractivity contribution is 7.89. The second kappa shape index (κ2) is 7.55. The number of rotatable bonds is 4. The van der Waals surface area contributed by atoms with Gasteiger partial charge in [-0.1, -0.05) is 23.8 Å². The smallest absolute Gasteiger partial charge is 0.243 e. The van der Waals surface area contributed by atoms with Crippen LogP contribution in [0.25, 0.3) is 0 Å². The van der Waals surface area contributed by atoms with Crippen molar-refractivity contribution in [1.29, 1.82) is 0 Å². The van der Waals surface area contributed by atoms with Gasteiger partial charge in [0, 0.05) is 24.7 Å². The summed E-state index contributed by atoms with van der Waals surface area (Å²) in [6, 6.07) is 12.5. The molecule has 0 aliphatic carbocycles. The van der Waals surface area contributed by atoms with Gasteiger partial charge in [0.1, 0.15) is 5.82 Å². The van der Waals surface area contributed by atoms with Gasteiger partial charge in [0.05, 0.1) is 4.90 Å². The lowest BCUT2D eigenvalue weighted by Crippen LogP contribution is -2.41. The molecule has 0 aromatic heterocycles. The topological polar surface area (TPSA) is 66.5 Å². The molecule has 26 heavy (non-hydrogen) atoms. The highest BCUT2D eigenvalue weighted by Gasteiger charge is 2.32. The van der Waals surface area contributed by atoms with Gasteiger partial charge in [-0.3, -0.25) is 4.79 Å². The molecule has 1 N–H and O–H groups in total. The molecule has 1 heterocycles. The van der Waals surface area contributed by atoms with E-state index in [1.807, 2.05) is 6.92 Å². The molecule has 0 bridgehead atoms. The number of hydrogen-bond acceptors (Lipinski definition) is 3. The lowest BCUT2D eigenvalue weighted by Gasteiger charge is -2.30. The van der Waals surface area contributed by atoms with E-state index in [9.17, 15) is 17.6 Å². The Balaban J connectivity index is 1.61. The first-order valence-corrected chi connectivity index (χ1v) is 9.93. The highest BCUT2D eigenvalue weighted by atomic mass is 32.2. The van der Waals surface area contributed by atoms with Crippen LogP contribution in [-0.2, 0) is 14.8 Å². The number of piperidine rings is 1. The molecule has 2 aromatic rings. The predicted molar refractivity (Wildman–Crippen MR) is 97.7 cm³/mol. The number of sulfonamides is 1. The van der Waals surface area contributed by atoms with Gasteiger partial charge in [0.2, 0.25) is 15.9 Å². The maximum atomic E-state index is 13.2. The van der Waals surface area contributed by atoms with Crippen LogP contribution in [0.3, 0.4) is 0 Å². The van der Waals surface area contributed by atoms with Gasteiger partial charge in [0.25, 0.3) is 0 Å². The van der Waals surface area contributed by atoms with E-state index in [0.29, 0.717) is 18.5 Å². The molecule has 0 spiro atoms. The first kappa shape index (κ1) is 18.5. The van der Waals surface area contributed by atoms with Crippen LogP contribution in [0, 0.1) is 18.7 Å². The average Bonchev–Trinajstić information content (AvgIpc) is 2.62. The van der Waals surface area contributed by atoms with Crippen molar-refractivity contribution in [1.82, 2.24) is 4.31 Å². The molecule has 5 nitrogen and oxygen atoms in total. The summed E-state index contributed by atoms with van der Waals surface area (Å²) >= 11 is 0. The summed E-state index contributed by atoms with van der Waals surface area (Å²) in [6.45, 7) is 2.48. The molecule has 1 saturated heterocycles. The second-order valence-electron chi connectivity index (χ2n) is 6.49. The Morgan fingerprint density at radius 2 is 1.77 bits per heavy atom. The monoisotopic (exact) mass is 376 g/mol. The quantitative estimate of drug-likeness (QED) is 0.891. The van der Waals surface area contributed by atoms with Crippen LogP contribution in [0.4, 0.5) is 10.1 Å². The van der Waals surface area contributed by atoms with Crippen molar-refractivity contribution >= 4 is 21.6 Å². The summed E-state index contributed by atoms with van der Waals surface area (Å²) in [4.78, 5) is 12.6. The maximum Gasteiger partial charge on any atom is 0.243 e. The summed E-state index contributed by atoms with van der Waals surface area (Å²) in [5, 5.41) is 2.70. The fourth-order valence-corrected chi connectivity index (χ4v) is 4.50. The first-order valence-electron chi connectivity index (χ1n) is 8.49. The summed E-state index contributed by atoms with van der Waals surface area (Å²) in [7, 11) is -3.54. The molecule has 1 aliphatic heterocycles. The number of nitrogens with zero attached hydrogens (tertiary/aromatic N) is 1. The summed E-state index contributed by atoms with van der Waals surface area (Å²) < 4.78 is 40.0. The number of hydrogen-bond donors (Lipinski definition) is 1. The Labute approximate surface area is 152 Å². The van der Waals surface area contributed by atoms with Crippen molar-refractivity contribution in [2.45, 2.75) is 24.7 Å². The number of halogens is 1. The van der Waals surface area contributed by atoms with Crippen LogP contribution >= 0.6 is 0 Å². The van der Waals surface area contributed by atoms with Crippen molar-refractivity contribution in [2.75, 3.05) is 18.4 Å². The summed E-state index contributed by atoms with van der Waals surface area (Å²) in [6.07, 6.45) is 0.873. The Hall–Kier alpha value is -2.25. The lowest BCUT2D eigenvalue weighted by atomic mass is 9.97. The largest absolute Gasteiger partial charge is 0.326 e. The minimum absolute atomic E-state index is 0.206. The van der Waals surface area contributed by atoms with Crippen molar-refractivity contribution in [2.24, 2.45) is 5.92 Å². The molecule has 2 aromatic carbocycles. The standard InChI is InChI=1S/C19H21FN2O3S/c1-14-5-7-18(8-6-14)26(24,25)22-11-9-15(10-12-22)19(23)21-17-4-2-3-16(20)13-17/h2-8,13,15H,9-12H2,1H3,(H,21,23). The van der Waals surface area contributed by atoms with Crippen LogP contribution in [0.1, 0.15) is 18.4 Å². The first-order chi connectivity index (χ1) is 12.4. The molecule has 0 unspecified atom stereocenters. The second-order valence-corrected chi connectivity index (χ2v) is 8.43. The van der Waals surface area contributed by atoms with Crippen LogP contribution in [-0.4, -0.2) is 31.7 Å². The zero-order valence-corrected chi connectivity index (χ0v) is 15.3. The van der Waals surface area contributed by atoms with Crippen LogP contribution < -0.4 is 5.32 Å².